The standard InChI is InChI=1S/C25H26FN5O2/c1-4-5-16-33-25(32)23-15-12-21(17-24(23)26)30-29-19-8-6-18(7-9-19)27-28-20-10-13-22(14-11-20)31(2)3/h6-15,17H,4-5,16H2,1-3H3. The first-order valence-corrected chi connectivity index (χ1v) is 10.6. The molecule has 0 saturated heterocycles. The second-order valence-corrected chi connectivity index (χ2v) is 7.48. The van der Waals surface area contributed by atoms with Gasteiger partial charge in [0, 0.05) is 25.8 Å². The van der Waals surface area contributed by atoms with Gasteiger partial charge in [-0.25, -0.2) is 9.18 Å². The van der Waals surface area contributed by atoms with E-state index in [9.17, 15) is 9.18 Å². The van der Waals surface area contributed by atoms with Gasteiger partial charge in [-0.1, -0.05) is 13.3 Å². The molecule has 3 aromatic rings. The minimum Gasteiger partial charge on any atom is -0.462 e. The van der Waals surface area contributed by atoms with Crippen molar-refractivity contribution in [3.05, 3.63) is 78.1 Å². The van der Waals surface area contributed by atoms with Gasteiger partial charge in [-0.05, 0) is 67.1 Å². The van der Waals surface area contributed by atoms with E-state index in [1.807, 2.05) is 50.2 Å². The minimum absolute atomic E-state index is 0.115. The Kier molecular flexibility index (Phi) is 8.35. The summed E-state index contributed by atoms with van der Waals surface area (Å²) in [7, 11) is 3.96. The second-order valence-electron chi connectivity index (χ2n) is 7.48. The maximum absolute atomic E-state index is 14.2. The van der Waals surface area contributed by atoms with Crippen LogP contribution in [0.3, 0.4) is 0 Å². The van der Waals surface area contributed by atoms with E-state index in [2.05, 4.69) is 20.5 Å². The van der Waals surface area contributed by atoms with Crippen LogP contribution < -0.4 is 4.90 Å². The summed E-state index contributed by atoms with van der Waals surface area (Å²) in [6, 6.07) is 18.8. The molecule has 0 unspecified atom stereocenters. The quantitative estimate of drug-likeness (QED) is 0.192. The van der Waals surface area contributed by atoms with E-state index in [1.54, 1.807) is 24.3 Å². The fourth-order valence-corrected chi connectivity index (χ4v) is 2.75. The molecule has 0 bridgehead atoms. The molecule has 0 spiro atoms. The van der Waals surface area contributed by atoms with Gasteiger partial charge in [0.1, 0.15) is 5.82 Å². The molecule has 0 aliphatic heterocycles. The zero-order valence-corrected chi connectivity index (χ0v) is 18.9. The van der Waals surface area contributed by atoms with Gasteiger partial charge < -0.3 is 9.64 Å². The molecule has 0 atom stereocenters. The summed E-state index contributed by atoms with van der Waals surface area (Å²) >= 11 is 0. The highest BCUT2D eigenvalue weighted by atomic mass is 19.1. The normalized spacial score (nSPS) is 11.3. The number of carbonyl (C=O) groups is 1. The van der Waals surface area contributed by atoms with E-state index in [0.29, 0.717) is 17.1 Å². The summed E-state index contributed by atoms with van der Waals surface area (Å²) in [5.41, 5.74) is 3.27. The summed E-state index contributed by atoms with van der Waals surface area (Å²) in [5, 5.41) is 16.6. The van der Waals surface area contributed by atoms with Gasteiger partial charge in [0.25, 0.3) is 0 Å². The van der Waals surface area contributed by atoms with Crippen molar-refractivity contribution in [3.63, 3.8) is 0 Å². The first-order valence-electron chi connectivity index (χ1n) is 10.6. The number of nitrogens with zero attached hydrogens (tertiary/aromatic N) is 5. The van der Waals surface area contributed by atoms with Crippen LogP contribution in [0, 0.1) is 5.82 Å². The van der Waals surface area contributed by atoms with Gasteiger partial charge >= 0.3 is 5.97 Å². The van der Waals surface area contributed by atoms with E-state index in [0.717, 1.165) is 30.3 Å². The fourth-order valence-electron chi connectivity index (χ4n) is 2.75. The highest BCUT2D eigenvalue weighted by Crippen LogP contribution is 2.25. The molecule has 0 aromatic heterocycles. The van der Waals surface area contributed by atoms with Crippen LogP contribution in [0.5, 0.6) is 0 Å². The SMILES string of the molecule is CCCCOC(=O)c1ccc(N=Nc2ccc(N=Nc3ccc(N(C)C)cc3)cc2)cc1F. The Bertz CT molecular complexity index is 1130. The Labute approximate surface area is 192 Å². The number of hydrogen-bond acceptors (Lipinski definition) is 7. The number of unbranched alkanes of at least 4 members (excludes halogenated alkanes) is 1. The Morgan fingerprint density at radius 3 is 1.79 bits per heavy atom. The van der Waals surface area contributed by atoms with Gasteiger partial charge in [0.05, 0.1) is 34.9 Å². The van der Waals surface area contributed by atoms with Gasteiger partial charge in [0.2, 0.25) is 0 Å². The first-order chi connectivity index (χ1) is 16.0. The summed E-state index contributed by atoms with van der Waals surface area (Å²) in [5.74, 6) is -1.37. The zero-order valence-electron chi connectivity index (χ0n) is 18.9. The zero-order chi connectivity index (χ0) is 23.6. The number of carbonyl (C=O) groups excluding carboxylic acids is 1. The van der Waals surface area contributed by atoms with Crippen LogP contribution in [0.25, 0.3) is 0 Å². The number of benzene rings is 3. The molecule has 7 nitrogen and oxygen atoms in total. The molecule has 0 heterocycles. The van der Waals surface area contributed by atoms with Crippen LogP contribution in [0.2, 0.25) is 0 Å². The Balaban J connectivity index is 1.60. The number of rotatable bonds is 9. The lowest BCUT2D eigenvalue weighted by molar-refractivity contribution is 0.0494. The third kappa shape index (κ3) is 7.03. The van der Waals surface area contributed by atoms with Gasteiger partial charge in [-0.2, -0.15) is 20.5 Å². The predicted molar refractivity (Wildman–Crippen MR) is 127 cm³/mol. The maximum Gasteiger partial charge on any atom is 0.341 e. The molecule has 170 valence electrons. The highest BCUT2D eigenvalue weighted by molar-refractivity contribution is 5.90. The molecule has 33 heavy (non-hydrogen) atoms. The van der Waals surface area contributed by atoms with Crippen molar-refractivity contribution in [1.29, 1.82) is 0 Å². The monoisotopic (exact) mass is 447 g/mol. The number of azo groups is 2. The highest BCUT2D eigenvalue weighted by Gasteiger charge is 2.13. The smallest absolute Gasteiger partial charge is 0.341 e. The summed E-state index contributed by atoms with van der Waals surface area (Å²) in [4.78, 5) is 13.9. The maximum atomic E-state index is 14.2. The molecule has 3 rings (SSSR count). The number of halogens is 1. The Morgan fingerprint density at radius 2 is 1.30 bits per heavy atom. The topological polar surface area (TPSA) is 79.0 Å². The van der Waals surface area contributed by atoms with Crippen LogP contribution >= 0.6 is 0 Å². The number of esters is 1. The van der Waals surface area contributed by atoms with Gasteiger partial charge in [-0.3, -0.25) is 0 Å². The molecule has 0 saturated carbocycles. The van der Waals surface area contributed by atoms with E-state index < -0.39 is 11.8 Å². The molecule has 3 aromatic carbocycles. The van der Waals surface area contributed by atoms with E-state index in [-0.39, 0.29) is 12.2 Å². The lowest BCUT2D eigenvalue weighted by Gasteiger charge is -2.11. The van der Waals surface area contributed by atoms with Gasteiger partial charge in [-0.15, -0.1) is 0 Å². The number of anilines is 1. The van der Waals surface area contributed by atoms with Crippen LogP contribution in [-0.4, -0.2) is 26.7 Å². The lowest BCUT2D eigenvalue weighted by atomic mass is 10.2. The van der Waals surface area contributed by atoms with Gasteiger partial charge in [0.15, 0.2) is 0 Å². The third-order valence-electron chi connectivity index (χ3n) is 4.68. The Hall–Kier alpha value is -3.94. The molecule has 8 heteroatoms. The van der Waals surface area contributed by atoms with E-state index in [4.69, 9.17) is 4.74 Å². The number of ether oxygens (including phenoxy) is 1. The van der Waals surface area contributed by atoms with Crippen molar-refractivity contribution in [2.45, 2.75) is 19.8 Å². The van der Waals surface area contributed by atoms with Crippen molar-refractivity contribution in [2.75, 3.05) is 25.6 Å². The summed E-state index contributed by atoms with van der Waals surface area (Å²) in [6.07, 6.45) is 1.63. The van der Waals surface area contributed by atoms with E-state index in [1.165, 1.54) is 12.1 Å². The van der Waals surface area contributed by atoms with Crippen molar-refractivity contribution < 1.29 is 13.9 Å². The fraction of sp³-hybridized carbons (Fsp3) is 0.240. The molecule has 0 amide bonds. The Morgan fingerprint density at radius 1 is 0.818 bits per heavy atom. The van der Waals surface area contributed by atoms with Crippen molar-refractivity contribution in [2.24, 2.45) is 20.5 Å². The molecular formula is C25H26FN5O2. The predicted octanol–water partition coefficient (Wildman–Crippen LogP) is 7.68. The lowest BCUT2D eigenvalue weighted by Crippen LogP contribution is -2.08. The molecule has 0 aliphatic carbocycles. The number of hydrogen-bond donors (Lipinski definition) is 0. The second kappa shape index (κ2) is 11.6. The van der Waals surface area contributed by atoms with Crippen LogP contribution in [0.4, 0.5) is 32.8 Å². The molecule has 0 N–H and O–H groups in total. The van der Waals surface area contributed by atoms with Crippen molar-refractivity contribution in [1.82, 2.24) is 0 Å². The first kappa shape index (κ1) is 23.7. The molecular weight excluding hydrogens is 421 g/mol. The molecule has 0 aliphatic rings. The van der Waals surface area contributed by atoms with Crippen LogP contribution in [-0.2, 0) is 4.74 Å². The van der Waals surface area contributed by atoms with Crippen molar-refractivity contribution in [3.8, 4) is 0 Å². The average molecular weight is 448 g/mol. The summed E-state index contributed by atoms with van der Waals surface area (Å²) < 4.78 is 19.3. The molecule has 0 fully saturated rings. The van der Waals surface area contributed by atoms with Crippen molar-refractivity contribution >= 4 is 34.4 Å². The average Bonchev–Trinajstić information content (AvgIpc) is 2.82. The summed E-state index contributed by atoms with van der Waals surface area (Å²) in [6.45, 7) is 2.26. The van der Waals surface area contributed by atoms with Crippen LogP contribution in [0.15, 0.2) is 87.2 Å². The minimum atomic E-state index is -0.692. The third-order valence-corrected chi connectivity index (χ3v) is 4.68. The molecule has 0 radical (unpaired) electrons. The van der Waals surface area contributed by atoms with E-state index >= 15 is 0 Å². The van der Waals surface area contributed by atoms with Crippen LogP contribution in [0.1, 0.15) is 30.1 Å². The largest absolute Gasteiger partial charge is 0.462 e.